The average Bonchev–Trinajstić information content (AvgIpc) is 3.22. The van der Waals surface area contributed by atoms with Crippen LogP contribution in [0.5, 0.6) is 5.75 Å². The SMILES string of the molecule is COC(=O)CCc1c(C)nn(-c2ccc(C(=O)NCc3cccc(OCc4ccccn4)c3)cc2)c1C. The first kappa shape index (κ1) is 25.6. The van der Waals surface area contributed by atoms with Crippen molar-refractivity contribution in [2.24, 2.45) is 0 Å². The number of nitrogens with zero attached hydrogens (tertiary/aromatic N) is 3. The second-order valence-electron chi connectivity index (χ2n) is 8.62. The Morgan fingerprint density at radius 3 is 2.54 bits per heavy atom. The number of ether oxygens (including phenoxy) is 2. The van der Waals surface area contributed by atoms with Gasteiger partial charge in [0.1, 0.15) is 12.4 Å². The molecule has 8 nitrogen and oxygen atoms in total. The van der Waals surface area contributed by atoms with E-state index < -0.39 is 0 Å². The van der Waals surface area contributed by atoms with Crippen molar-refractivity contribution in [3.63, 3.8) is 0 Å². The number of hydrogen-bond acceptors (Lipinski definition) is 6. The zero-order valence-electron chi connectivity index (χ0n) is 21.2. The van der Waals surface area contributed by atoms with Gasteiger partial charge in [0.2, 0.25) is 0 Å². The molecule has 0 fully saturated rings. The normalized spacial score (nSPS) is 10.7. The molecule has 0 saturated carbocycles. The Hall–Kier alpha value is -4.46. The number of methoxy groups -OCH3 is 1. The summed E-state index contributed by atoms with van der Waals surface area (Å²) in [5, 5.41) is 7.59. The van der Waals surface area contributed by atoms with E-state index in [0.717, 1.165) is 39.6 Å². The van der Waals surface area contributed by atoms with E-state index in [0.29, 0.717) is 31.6 Å². The van der Waals surface area contributed by atoms with E-state index in [1.54, 1.807) is 18.3 Å². The van der Waals surface area contributed by atoms with Crippen molar-refractivity contribution in [1.29, 1.82) is 0 Å². The first-order chi connectivity index (χ1) is 17.9. The second-order valence-corrected chi connectivity index (χ2v) is 8.62. The third kappa shape index (κ3) is 6.61. The van der Waals surface area contributed by atoms with E-state index in [-0.39, 0.29) is 11.9 Å². The highest BCUT2D eigenvalue weighted by Gasteiger charge is 2.15. The van der Waals surface area contributed by atoms with Crippen molar-refractivity contribution in [2.45, 2.75) is 39.8 Å². The van der Waals surface area contributed by atoms with E-state index in [1.165, 1.54) is 7.11 Å². The fraction of sp³-hybridized carbons (Fsp3) is 0.241. The van der Waals surface area contributed by atoms with Crippen molar-refractivity contribution in [3.8, 4) is 11.4 Å². The van der Waals surface area contributed by atoms with Crippen LogP contribution >= 0.6 is 0 Å². The number of nitrogens with one attached hydrogen (secondary N) is 1. The Bertz CT molecular complexity index is 1360. The summed E-state index contributed by atoms with van der Waals surface area (Å²) in [5.74, 6) is 0.307. The van der Waals surface area contributed by atoms with Gasteiger partial charge in [-0.2, -0.15) is 5.10 Å². The molecule has 2 aromatic heterocycles. The molecule has 0 aliphatic rings. The lowest BCUT2D eigenvalue weighted by molar-refractivity contribution is -0.140. The topological polar surface area (TPSA) is 95.3 Å². The fourth-order valence-corrected chi connectivity index (χ4v) is 4.04. The van der Waals surface area contributed by atoms with Gasteiger partial charge in [-0.25, -0.2) is 4.68 Å². The molecule has 0 aliphatic heterocycles. The lowest BCUT2D eigenvalue weighted by Gasteiger charge is -2.10. The van der Waals surface area contributed by atoms with Crippen LogP contribution in [-0.4, -0.2) is 33.8 Å². The molecule has 0 bridgehead atoms. The number of benzene rings is 2. The van der Waals surface area contributed by atoms with E-state index >= 15 is 0 Å². The lowest BCUT2D eigenvalue weighted by atomic mass is 10.1. The summed E-state index contributed by atoms with van der Waals surface area (Å²) in [4.78, 5) is 28.5. The Morgan fingerprint density at radius 2 is 1.81 bits per heavy atom. The molecule has 4 rings (SSSR count). The molecule has 4 aromatic rings. The molecule has 0 saturated heterocycles. The van der Waals surface area contributed by atoms with Gasteiger partial charge in [-0.3, -0.25) is 14.6 Å². The summed E-state index contributed by atoms with van der Waals surface area (Å²) in [5.41, 5.74) is 6.04. The van der Waals surface area contributed by atoms with E-state index in [1.807, 2.05) is 73.1 Å². The van der Waals surface area contributed by atoms with Crippen molar-refractivity contribution in [2.75, 3.05) is 7.11 Å². The van der Waals surface area contributed by atoms with Gasteiger partial charge >= 0.3 is 5.97 Å². The predicted octanol–water partition coefficient (Wildman–Crippen LogP) is 4.50. The van der Waals surface area contributed by atoms with Crippen molar-refractivity contribution >= 4 is 11.9 Å². The minimum absolute atomic E-state index is 0.168. The zero-order chi connectivity index (χ0) is 26.2. The maximum Gasteiger partial charge on any atom is 0.305 e. The molecule has 1 amide bonds. The van der Waals surface area contributed by atoms with Crippen LogP contribution < -0.4 is 10.1 Å². The molecule has 190 valence electrons. The number of rotatable bonds is 10. The summed E-state index contributed by atoms with van der Waals surface area (Å²) in [6.45, 7) is 4.66. The number of carbonyl (C=O) groups is 2. The van der Waals surface area contributed by atoms with E-state index in [9.17, 15) is 9.59 Å². The minimum Gasteiger partial charge on any atom is -0.487 e. The van der Waals surface area contributed by atoms with Crippen LogP contribution in [0, 0.1) is 13.8 Å². The molecule has 2 heterocycles. The number of aromatic nitrogens is 3. The molecule has 0 spiro atoms. The van der Waals surface area contributed by atoms with Gasteiger partial charge in [0, 0.05) is 30.4 Å². The van der Waals surface area contributed by atoms with Crippen LogP contribution in [0.1, 0.15) is 45.0 Å². The first-order valence-corrected chi connectivity index (χ1v) is 12.1. The molecule has 37 heavy (non-hydrogen) atoms. The number of aryl methyl sites for hydroxylation is 1. The quantitative estimate of drug-likeness (QED) is 0.324. The number of amides is 1. The molecule has 0 atom stereocenters. The van der Waals surface area contributed by atoms with Gasteiger partial charge in [0.05, 0.1) is 24.2 Å². The van der Waals surface area contributed by atoms with Crippen LogP contribution in [0.25, 0.3) is 5.69 Å². The first-order valence-electron chi connectivity index (χ1n) is 12.1. The van der Waals surface area contributed by atoms with Gasteiger partial charge in [-0.15, -0.1) is 0 Å². The monoisotopic (exact) mass is 498 g/mol. The van der Waals surface area contributed by atoms with Crippen molar-refractivity contribution < 1.29 is 19.1 Å². The fourth-order valence-electron chi connectivity index (χ4n) is 4.04. The van der Waals surface area contributed by atoms with Gasteiger partial charge in [-0.05, 0) is 79.9 Å². The second kappa shape index (κ2) is 12.0. The molecule has 0 aliphatic carbocycles. The van der Waals surface area contributed by atoms with E-state index in [4.69, 9.17) is 9.47 Å². The molecule has 1 N–H and O–H groups in total. The largest absolute Gasteiger partial charge is 0.487 e. The summed E-state index contributed by atoms with van der Waals surface area (Å²) < 4.78 is 12.4. The minimum atomic E-state index is -0.245. The maximum absolute atomic E-state index is 12.7. The third-order valence-corrected chi connectivity index (χ3v) is 6.09. The van der Waals surface area contributed by atoms with Crippen LogP contribution in [0.15, 0.2) is 72.9 Å². The number of hydrogen-bond donors (Lipinski definition) is 1. The summed E-state index contributed by atoms with van der Waals surface area (Å²) >= 11 is 0. The van der Waals surface area contributed by atoms with Gasteiger partial charge in [-0.1, -0.05) is 18.2 Å². The highest BCUT2D eigenvalue weighted by molar-refractivity contribution is 5.94. The smallest absolute Gasteiger partial charge is 0.305 e. The Morgan fingerprint density at radius 1 is 1.00 bits per heavy atom. The summed E-state index contributed by atoms with van der Waals surface area (Å²) in [6.07, 6.45) is 2.61. The molecular weight excluding hydrogens is 468 g/mol. The average molecular weight is 499 g/mol. The predicted molar refractivity (Wildman–Crippen MR) is 140 cm³/mol. The summed E-state index contributed by atoms with van der Waals surface area (Å²) in [6, 6.07) is 20.6. The molecule has 0 radical (unpaired) electrons. The number of esters is 1. The molecule has 2 aromatic carbocycles. The standard InChI is InChI=1S/C29H30N4O4/c1-20-27(14-15-28(34)36-3)21(2)33(32-20)25-12-10-23(11-13-25)29(35)31-18-22-7-6-9-26(17-22)37-19-24-8-4-5-16-30-24/h4-13,16-17H,14-15,18-19H2,1-3H3,(H,31,35). The van der Waals surface area contributed by atoms with Crippen molar-refractivity contribution in [3.05, 3.63) is 107 Å². The van der Waals surface area contributed by atoms with Crippen LogP contribution in [-0.2, 0) is 29.1 Å². The van der Waals surface area contributed by atoms with Gasteiger partial charge in [0.25, 0.3) is 5.91 Å². The Labute approximate surface area is 216 Å². The van der Waals surface area contributed by atoms with Crippen LogP contribution in [0.4, 0.5) is 0 Å². The van der Waals surface area contributed by atoms with Gasteiger partial charge in [0.15, 0.2) is 0 Å². The highest BCUT2D eigenvalue weighted by atomic mass is 16.5. The number of carbonyl (C=O) groups excluding carboxylic acids is 2. The number of pyridine rings is 1. The van der Waals surface area contributed by atoms with Gasteiger partial charge < -0.3 is 14.8 Å². The van der Waals surface area contributed by atoms with E-state index in [2.05, 4.69) is 15.4 Å². The highest BCUT2D eigenvalue weighted by Crippen LogP contribution is 2.20. The third-order valence-electron chi connectivity index (χ3n) is 6.09. The summed E-state index contributed by atoms with van der Waals surface area (Å²) in [7, 11) is 1.39. The van der Waals surface area contributed by atoms with Crippen LogP contribution in [0.3, 0.4) is 0 Å². The Balaban J connectivity index is 1.35. The molecule has 0 unspecified atom stereocenters. The lowest BCUT2D eigenvalue weighted by Crippen LogP contribution is -2.22. The zero-order valence-corrected chi connectivity index (χ0v) is 21.2. The van der Waals surface area contributed by atoms with Crippen molar-refractivity contribution in [1.82, 2.24) is 20.1 Å². The Kier molecular flexibility index (Phi) is 8.30. The van der Waals surface area contributed by atoms with Crippen LogP contribution in [0.2, 0.25) is 0 Å². The maximum atomic E-state index is 12.7. The molecule has 8 heteroatoms. The molecular formula is C29H30N4O4.